The standard InChI is InChI=1S/C19H38N2/c1-15(2)9-12-21(13-10-16(3)4)14-11-20-19(17-5-6-17)18-7-8-18/h15-20H,5-14H2,1-4H3. The number of nitrogens with zero attached hydrogens (tertiary/aromatic N) is 1. The minimum absolute atomic E-state index is 0.824. The van der Waals surface area contributed by atoms with Gasteiger partial charge in [-0.15, -0.1) is 0 Å². The third-order valence-electron chi connectivity index (χ3n) is 5.11. The maximum absolute atomic E-state index is 3.91. The summed E-state index contributed by atoms with van der Waals surface area (Å²) in [6.45, 7) is 14.4. The Morgan fingerprint density at radius 3 is 1.67 bits per heavy atom. The van der Waals surface area contributed by atoms with Crippen molar-refractivity contribution in [3.05, 3.63) is 0 Å². The zero-order valence-corrected chi connectivity index (χ0v) is 14.9. The lowest BCUT2D eigenvalue weighted by molar-refractivity contribution is 0.236. The van der Waals surface area contributed by atoms with E-state index in [1.807, 2.05) is 0 Å². The van der Waals surface area contributed by atoms with Gasteiger partial charge in [0, 0.05) is 19.1 Å². The maximum Gasteiger partial charge on any atom is 0.0124 e. The van der Waals surface area contributed by atoms with E-state index in [1.165, 1.54) is 64.7 Å². The average Bonchev–Trinajstić information content (AvgIpc) is 3.28. The SMILES string of the molecule is CC(C)CCN(CCNC(C1CC1)C1CC1)CCC(C)C. The summed E-state index contributed by atoms with van der Waals surface area (Å²) in [4.78, 5) is 2.70. The van der Waals surface area contributed by atoms with Crippen molar-refractivity contribution < 1.29 is 0 Å². The molecule has 124 valence electrons. The zero-order chi connectivity index (χ0) is 15.2. The summed E-state index contributed by atoms with van der Waals surface area (Å²) in [5.74, 6) is 3.70. The lowest BCUT2D eigenvalue weighted by atomic mass is 10.1. The fourth-order valence-electron chi connectivity index (χ4n) is 3.24. The van der Waals surface area contributed by atoms with E-state index in [4.69, 9.17) is 0 Å². The van der Waals surface area contributed by atoms with Crippen molar-refractivity contribution in [3.63, 3.8) is 0 Å². The van der Waals surface area contributed by atoms with E-state index in [0.29, 0.717) is 0 Å². The van der Waals surface area contributed by atoms with Crippen LogP contribution in [0.1, 0.15) is 66.2 Å². The smallest absolute Gasteiger partial charge is 0.0124 e. The first-order valence-corrected chi connectivity index (χ1v) is 9.52. The summed E-state index contributed by atoms with van der Waals surface area (Å²) in [7, 11) is 0. The van der Waals surface area contributed by atoms with Gasteiger partial charge in [-0.25, -0.2) is 0 Å². The van der Waals surface area contributed by atoms with Crippen LogP contribution in [-0.4, -0.2) is 37.1 Å². The Labute approximate surface area is 133 Å². The molecule has 0 unspecified atom stereocenters. The maximum atomic E-state index is 3.91. The molecule has 2 rings (SSSR count). The predicted molar refractivity (Wildman–Crippen MR) is 92.6 cm³/mol. The molecule has 2 saturated carbocycles. The third-order valence-corrected chi connectivity index (χ3v) is 5.11. The Bertz CT molecular complexity index is 255. The Balaban J connectivity index is 1.66. The molecule has 0 spiro atoms. The van der Waals surface area contributed by atoms with Gasteiger partial charge in [0.1, 0.15) is 0 Å². The van der Waals surface area contributed by atoms with Crippen molar-refractivity contribution in [2.75, 3.05) is 26.2 Å². The molecule has 0 radical (unpaired) electrons. The third kappa shape index (κ3) is 7.15. The van der Waals surface area contributed by atoms with Crippen LogP contribution in [0.25, 0.3) is 0 Å². The average molecular weight is 295 g/mol. The largest absolute Gasteiger partial charge is 0.312 e. The molecule has 0 heterocycles. The van der Waals surface area contributed by atoms with Crippen LogP contribution < -0.4 is 5.32 Å². The van der Waals surface area contributed by atoms with Crippen molar-refractivity contribution in [2.45, 2.75) is 72.3 Å². The highest BCUT2D eigenvalue weighted by molar-refractivity contribution is 4.96. The number of rotatable bonds is 12. The van der Waals surface area contributed by atoms with Crippen molar-refractivity contribution in [3.8, 4) is 0 Å². The highest BCUT2D eigenvalue weighted by atomic mass is 15.1. The van der Waals surface area contributed by atoms with Crippen LogP contribution in [0.15, 0.2) is 0 Å². The summed E-state index contributed by atoms with van der Waals surface area (Å²) in [6, 6.07) is 0.863. The van der Waals surface area contributed by atoms with Crippen LogP contribution in [0.4, 0.5) is 0 Å². The first-order valence-electron chi connectivity index (χ1n) is 9.52. The second-order valence-corrected chi connectivity index (χ2v) is 8.36. The van der Waals surface area contributed by atoms with E-state index in [9.17, 15) is 0 Å². The molecule has 2 nitrogen and oxygen atoms in total. The molecule has 0 aromatic rings. The van der Waals surface area contributed by atoms with Crippen LogP contribution in [0.2, 0.25) is 0 Å². The Hall–Kier alpha value is -0.0800. The van der Waals surface area contributed by atoms with Gasteiger partial charge in [0.05, 0.1) is 0 Å². The van der Waals surface area contributed by atoms with Crippen LogP contribution in [0.5, 0.6) is 0 Å². The lowest BCUT2D eigenvalue weighted by Crippen LogP contribution is -2.40. The van der Waals surface area contributed by atoms with Gasteiger partial charge in [-0.05, 0) is 75.3 Å². The summed E-state index contributed by atoms with van der Waals surface area (Å²) in [5, 5.41) is 3.91. The molecule has 1 N–H and O–H groups in total. The van der Waals surface area contributed by atoms with E-state index in [-0.39, 0.29) is 0 Å². The number of hydrogen-bond donors (Lipinski definition) is 1. The van der Waals surface area contributed by atoms with E-state index in [1.54, 1.807) is 0 Å². The predicted octanol–water partition coefficient (Wildman–Crippen LogP) is 4.16. The van der Waals surface area contributed by atoms with Crippen LogP contribution in [0, 0.1) is 23.7 Å². The molecular formula is C19H38N2. The highest BCUT2D eigenvalue weighted by Gasteiger charge is 2.40. The Kier molecular flexibility index (Phi) is 7.01. The molecule has 0 aromatic carbocycles. The van der Waals surface area contributed by atoms with Gasteiger partial charge in [0.25, 0.3) is 0 Å². The molecule has 0 atom stereocenters. The summed E-state index contributed by atoms with van der Waals surface area (Å²) < 4.78 is 0. The minimum atomic E-state index is 0.824. The van der Waals surface area contributed by atoms with E-state index in [0.717, 1.165) is 29.7 Å². The lowest BCUT2D eigenvalue weighted by Gasteiger charge is -2.26. The molecule has 21 heavy (non-hydrogen) atoms. The number of nitrogens with one attached hydrogen (secondary N) is 1. The number of hydrogen-bond acceptors (Lipinski definition) is 2. The van der Waals surface area contributed by atoms with Crippen molar-refractivity contribution in [2.24, 2.45) is 23.7 Å². The molecule has 2 heteroatoms. The molecule has 2 fully saturated rings. The van der Waals surface area contributed by atoms with Gasteiger partial charge >= 0.3 is 0 Å². The van der Waals surface area contributed by atoms with Crippen molar-refractivity contribution in [1.82, 2.24) is 10.2 Å². The van der Waals surface area contributed by atoms with Crippen LogP contribution in [-0.2, 0) is 0 Å². The molecule has 2 aliphatic rings. The van der Waals surface area contributed by atoms with Gasteiger partial charge < -0.3 is 10.2 Å². The monoisotopic (exact) mass is 294 g/mol. The van der Waals surface area contributed by atoms with Crippen molar-refractivity contribution >= 4 is 0 Å². The normalized spacial score (nSPS) is 19.4. The van der Waals surface area contributed by atoms with Crippen LogP contribution >= 0.6 is 0 Å². The topological polar surface area (TPSA) is 15.3 Å². The Morgan fingerprint density at radius 2 is 1.29 bits per heavy atom. The summed E-state index contributed by atoms with van der Waals surface area (Å²) in [6.07, 6.45) is 8.62. The fourth-order valence-corrected chi connectivity index (χ4v) is 3.24. The molecule has 0 saturated heterocycles. The van der Waals surface area contributed by atoms with Gasteiger partial charge in [-0.3, -0.25) is 0 Å². The quantitative estimate of drug-likeness (QED) is 0.581. The molecule has 0 amide bonds. The minimum Gasteiger partial charge on any atom is -0.312 e. The van der Waals surface area contributed by atoms with E-state index >= 15 is 0 Å². The van der Waals surface area contributed by atoms with Gasteiger partial charge in [0.2, 0.25) is 0 Å². The van der Waals surface area contributed by atoms with Crippen molar-refractivity contribution in [1.29, 1.82) is 0 Å². The second kappa shape index (κ2) is 8.53. The van der Waals surface area contributed by atoms with Gasteiger partial charge in [0.15, 0.2) is 0 Å². The Morgan fingerprint density at radius 1 is 0.810 bits per heavy atom. The summed E-state index contributed by atoms with van der Waals surface area (Å²) in [5.41, 5.74) is 0. The molecule has 0 bridgehead atoms. The molecular weight excluding hydrogens is 256 g/mol. The van der Waals surface area contributed by atoms with Gasteiger partial charge in [-0.2, -0.15) is 0 Å². The first kappa shape index (κ1) is 17.3. The molecule has 0 aromatic heterocycles. The van der Waals surface area contributed by atoms with Crippen LogP contribution in [0.3, 0.4) is 0 Å². The van der Waals surface area contributed by atoms with E-state index < -0.39 is 0 Å². The summed E-state index contributed by atoms with van der Waals surface area (Å²) >= 11 is 0. The zero-order valence-electron chi connectivity index (χ0n) is 14.9. The highest BCUT2D eigenvalue weighted by Crippen LogP contribution is 2.44. The molecule has 0 aliphatic heterocycles. The first-order chi connectivity index (χ1) is 10.1. The molecule has 2 aliphatic carbocycles. The van der Waals surface area contributed by atoms with Gasteiger partial charge in [-0.1, -0.05) is 27.7 Å². The second-order valence-electron chi connectivity index (χ2n) is 8.36. The van der Waals surface area contributed by atoms with E-state index in [2.05, 4.69) is 37.9 Å². The fraction of sp³-hybridized carbons (Fsp3) is 1.00.